The Balaban J connectivity index is 2.30. The second-order valence-electron chi connectivity index (χ2n) is 4.33. The topological polar surface area (TPSA) is 64.8 Å². The van der Waals surface area contributed by atoms with Crippen molar-refractivity contribution in [3.8, 4) is 16.4 Å². The van der Waals surface area contributed by atoms with Crippen LogP contribution in [0.3, 0.4) is 0 Å². The van der Waals surface area contributed by atoms with E-state index in [4.69, 9.17) is 10.7 Å². The molecule has 0 radical (unpaired) electrons. The van der Waals surface area contributed by atoms with Crippen LogP contribution in [0.5, 0.6) is 0 Å². The van der Waals surface area contributed by atoms with Crippen LogP contribution < -0.4 is 0 Å². The Kier molecular flexibility index (Phi) is 3.56. The summed E-state index contributed by atoms with van der Waals surface area (Å²) >= 11 is 1.51. The predicted octanol–water partition coefficient (Wildman–Crippen LogP) is 3.23. The first-order valence-corrected chi connectivity index (χ1v) is 9.12. The molecule has 5 nitrogen and oxygen atoms in total. The fourth-order valence-electron chi connectivity index (χ4n) is 1.95. The van der Waals surface area contributed by atoms with Gasteiger partial charge in [-0.15, -0.1) is 21.5 Å². The molecule has 0 aliphatic heterocycles. The van der Waals surface area contributed by atoms with Crippen molar-refractivity contribution in [1.29, 1.82) is 0 Å². The third kappa shape index (κ3) is 2.72. The lowest BCUT2D eigenvalue weighted by molar-refractivity contribution is 0.597. The van der Waals surface area contributed by atoms with E-state index in [1.165, 1.54) is 15.9 Å². The maximum Gasteiger partial charge on any atom is 0.297 e. The molecule has 0 aliphatic carbocycles. The molecule has 0 amide bonds. The Labute approximate surface area is 130 Å². The number of halogens is 1. The van der Waals surface area contributed by atoms with Crippen molar-refractivity contribution >= 4 is 31.1 Å². The van der Waals surface area contributed by atoms with E-state index in [0.29, 0.717) is 11.5 Å². The molecule has 0 aliphatic rings. The number of hydrogen-bond donors (Lipinski definition) is 0. The average molecular weight is 340 g/mol. The van der Waals surface area contributed by atoms with Crippen molar-refractivity contribution < 1.29 is 8.42 Å². The Bertz CT molecular complexity index is 885. The Hall–Kier alpha value is -1.70. The summed E-state index contributed by atoms with van der Waals surface area (Å²) in [6.45, 7) is 1.97. The summed E-state index contributed by atoms with van der Waals surface area (Å²) in [7, 11) is 1.48. The molecule has 0 unspecified atom stereocenters. The van der Waals surface area contributed by atoms with Gasteiger partial charge in [-0.2, -0.15) is 0 Å². The molecule has 0 spiro atoms. The third-order valence-corrected chi connectivity index (χ3v) is 4.94. The molecule has 108 valence electrons. The molecular weight excluding hydrogens is 330 g/mol. The summed E-state index contributed by atoms with van der Waals surface area (Å²) in [4.78, 5) is 1.93. The van der Waals surface area contributed by atoms with E-state index in [2.05, 4.69) is 10.2 Å². The zero-order valence-electron chi connectivity index (χ0n) is 10.9. The van der Waals surface area contributed by atoms with Crippen LogP contribution in [0.2, 0.25) is 0 Å². The minimum absolute atomic E-state index is 0.281. The van der Waals surface area contributed by atoms with Crippen molar-refractivity contribution in [2.24, 2.45) is 0 Å². The molecule has 3 rings (SSSR count). The van der Waals surface area contributed by atoms with E-state index in [0.717, 1.165) is 9.75 Å². The van der Waals surface area contributed by atoms with Gasteiger partial charge in [0, 0.05) is 21.2 Å². The lowest BCUT2D eigenvalue weighted by atomic mass is 10.3. The molecule has 2 heterocycles. The van der Waals surface area contributed by atoms with Crippen LogP contribution in [0, 0.1) is 6.92 Å². The number of aromatic nitrogens is 3. The first-order chi connectivity index (χ1) is 9.97. The van der Waals surface area contributed by atoms with E-state index in [1.807, 2.05) is 37.3 Å². The highest BCUT2D eigenvalue weighted by atomic mass is 35.7. The standard InChI is InChI=1S/C13H10ClN3O2S2/c1-9-7-8-11(20-9)12-15-16-13(21(14,18)19)17(12)10-5-3-2-4-6-10/h2-8H,1H3. The van der Waals surface area contributed by atoms with Gasteiger partial charge < -0.3 is 0 Å². The van der Waals surface area contributed by atoms with Gasteiger partial charge in [0.05, 0.1) is 4.88 Å². The smallest absolute Gasteiger partial charge is 0.264 e. The summed E-state index contributed by atoms with van der Waals surface area (Å²) < 4.78 is 24.9. The molecule has 0 bridgehead atoms. The maximum absolute atomic E-state index is 11.7. The summed E-state index contributed by atoms with van der Waals surface area (Å²) in [5.41, 5.74) is 0.641. The first kappa shape index (κ1) is 14.2. The minimum Gasteiger partial charge on any atom is -0.264 e. The van der Waals surface area contributed by atoms with Crippen LogP contribution in [0.15, 0.2) is 47.6 Å². The second-order valence-corrected chi connectivity index (χ2v) is 8.07. The number of hydrogen-bond acceptors (Lipinski definition) is 5. The molecule has 21 heavy (non-hydrogen) atoms. The quantitative estimate of drug-likeness (QED) is 0.687. The first-order valence-electron chi connectivity index (χ1n) is 5.99. The minimum atomic E-state index is -4.00. The van der Waals surface area contributed by atoms with Gasteiger partial charge in [-0.1, -0.05) is 18.2 Å². The van der Waals surface area contributed by atoms with Crippen molar-refractivity contribution in [2.45, 2.75) is 12.1 Å². The normalized spacial score (nSPS) is 11.7. The fourth-order valence-corrected chi connectivity index (χ4v) is 3.64. The van der Waals surface area contributed by atoms with E-state index in [9.17, 15) is 8.42 Å². The van der Waals surface area contributed by atoms with Gasteiger partial charge in [0.1, 0.15) is 0 Å². The number of rotatable bonds is 3. The number of thiophene rings is 1. The van der Waals surface area contributed by atoms with Gasteiger partial charge in [0.25, 0.3) is 14.2 Å². The second kappa shape index (κ2) is 5.25. The van der Waals surface area contributed by atoms with Crippen molar-refractivity contribution in [3.63, 3.8) is 0 Å². The van der Waals surface area contributed by atoms with Gasteiger partial charge in [-0.3, -0.25) is 4.57 Å². The molecule has 0 N–H and O–H groups in total. The van der Waals surface area contributed by atoms with Gasteiger partial charge in [-0.05, 0) is 31.2 Å². The fraction of sp³-hybridized carbons (Fsp3) is 0.0769. The van der Waals surface area contributed by atoms with Gasteiger partial charge in [0.2, 0.25) is 0 Å². The molecular formula is C13H10ClN3O2S2. The molecule has 2 aromatic heterocycles. The highest BCUT2D eigenvalue weighted by Gasteiger charge is 2.25. The Morgan fingerprint density at radius 2 is 1.81 bits per heavy atom. The van der Waals surface area contributed by atoms with Crippen molar-refractivity contribution in [3.05, 3.63) is 47.3 Å². The van der Waals surface area contributed by atoms with Gasteiger partial charge in [-0.25, -0.2) is 8.42 Å². The summed E-state index contributed by atoms with van der Waals surface area (Å²) in [5, 5.41) is 7.47. The summed E-state index contributed by atoms with van der Waals surface area (Å²) in [5.74, 6) is 0.457. The summed E-state index contributed by atoms with van der Waals surface area (Å²) in [6, 6.07) is 12.8. The van der Waals surface area contributed by atoms with E-state index in [1.54, 1.807) is 12.1 Å². The Morgan fingerprint density at radius 1 is 1.10 bits per heavy atom. The van der Waals surface area contributed by atoms with Crippen LogP contribution in [0.25, 0.3) is 16.4 Å². The molecule has 0 atom stereocenters. The third-order valence-electron chi connectivity index (χ3n) is 2.83. The van der Waals surface area contributed by atoms with Crippen LogP contribution >= 0.6 is 22.0 Å². The van der Waals surface area contributed by atoms with Crippen LogP contribution in [-0.4, -0.2) is 23.2 Å². The number of benzene rings is 1. The lowest BCUT2D eigenvalue weighted by Crippen LogP contribution is -2.05. The van der Waals surface area contributed by atoms with Gasteiger partial charge in [0.15, 0.2) is 5.82 Å². The van der Waals surface area contributed by atoms with Gasteiger partial charge >= 0.3 is 0 Å². The number of para-hydroxylation sites is 1. The highest BCUT2D eigenvalue weighted by molar-refractivity contribution is 8.13. The monoisotopic (exact) mass is 339 g/mol. The van der Waals surface area contributed by atoms with Crippen LogP contribution in [0.1, 0.15) is 4.88 Å². The SMILES string of the molecule is Cc1ccc(-c2nnc(S(=O)(=O)Cl)n2-c2ccccc2)s1. The zero-order valence-corrected chi connectivity index (χ0v) is 13.3. The number of aryl methyl sites for hydroxylation is 1. The van der Waals surface area contributed by atoms with Crippen molar-refractivity contribution in [1.82, 2.24) is 14.8 Å². The zero-order chi connectivity index (χ0) is 15.0. The van der Waals surface area contributed by atoms with Crippen LogP contribution in [0.4, 0.5) is 0 Å². The Morgan fingerprint density at radius 3 is 2.38 bits per heavy atom. The largest absolute Gasteiger partial charge is 0.297 e. The van der Waals surface area contributed by atoms with E-state index >= 15 is 0 Å². The summed E-state index contributed by atoms with van der Waals surface area (Å²) in [6.07, 6.45) is 0. The van der Waals surface area contributed by atoms with Crippen LogP contribution in [-0.2, 0) is 9.05 Å². The molecule has 8 heteroatoms. The molecule has 0 saturated carbocycles. The molecule has 0 fully saturated rings. The molecule has 3 aromatic rings. The predicted molar refractivity (Wildman–Crippen MR) is 82.4 cm³/mol. The van der Waals surface area contributed by atoms with E-state index < -0.39 is 9.05 Å². The lowest BCUT2D eigenvalue weighted by Gasteiger charge is -2.07. The highest BCUT2D eigenvalue weighted by Crippen LogP contribution is 2.30. The van der Waals surface area contributed by atoms with E-state index in [-0.39, 0.29) is 5.16 Å². The molecule has 0 saturated heterocycles. The maximum atomic E-state index is 11.7. The number of nitrogens with zero attached hydrogens (tertiary/aromatic N) is 3. The molecule has 1 aromatic carbocycles. The average Bonchev–Trinajstić information content (AvgIpc) is 3.04. The van der Waals surface area contributed by atoms with Crippen molar-refractivity contribution in [2.75, 3.05) is 0 Å².